The molecule has 0 aromatic heterocycles. The Morgan fingerprint density at radius 3 is 2.38 bits per heavy atom. The summed E-state index contributed by atoms with van der Waals surface area (Å²) in [7, 11) is 0. The quantitative estimate of drug-likeness (QED) is 0.795. The van der Waals surface area contributed by atoms with Crippen LogP contribution in [0.1, 0.15) is 20.8 Å². The average Bonchev–Trinajstić information content (AvgIpc) is 2.37. The van der Waals surface area contributed by atoms with E-state index in [0.717, 1.165) is 0 Å². The Balaban J connectivity index is 1.99. The maximum atomic E-state index is 13.9. The standard InChI is InChI=1S/C15H20ClFN2O2/c1-15(2,3)21-14(20)19-9-7-18(8-10-19)13-11(16)5-4-6-12(13)17/h4-6H,7-10H2,1-3H3. The predicted octanol–water partition coefficient (Wildman–Crippen LogP) is 3.54. The van der Waals surface area contributed by atoms with Gasteiger partial charge in [0.25, 0.3) is 0 Å². The van der Waals surface area contributed by atoms with Crippen LogP contribution in [0.2, 0.25) is 5.02 Å². The molecule has 0 unspecified atom stereocenters. The second-order valence-corrected chi connectivity index (χ2v) is 6.43. The lowest BCUT2D eigenvalue weighted by molar-refractivity contribution is 0.0240. The number of nitrogens with zero attached hydrogens (tertiary/aromatic N) is 2. The van der Waals surface area contributed by atoms with Gasteiger partial charge in [0.2, 0.25) is 0 Å². The van der Waals surface area contributed by atoms with Crippen molar-refractivity contribution in [2.75, 3.05) is 31.1 Å². The molecule has 1 fully saturated rings. The smallest absolute Gasteiger partial charge is 0.410 e. The summed E-state index contributed by atoms with van der Waals surface area (Å²) in [5, 5.41) is 0.390. The largest absolute Gasteiger partial charge is 0.444 e. The van der Waals surface area contributed by atoms with Crippen molar-refractivity contribution >= 4 is 23.4 Å². The third-order valence-electron chi connectivity index (χ3n) is 3.19. The number of amides is 1. The van der Waals surface area contributed by atoms with Gasteiger partial charge < -0.3 is 14.5 Å². The molecule has 4 nitrogen and oxygen atoms in total. The zero-order valence-electron chi connectivity index (χ0n) is 12.5. The van der Waals surface area contributed by atoms with Crippen LogP contribution < -0.4 is 4.90 Å². The summed E-state index contributed by atoms with van der Waals surface area (Å²) in [6.45, 7) is 7.53. The highest BCUT2D eigenvalue weighted by atomic mass is 35.5. The zero-order chi connectivity index (χ0) is 15.6. The highest BCUT2D eigenvalue weighted by molar-refractivity contribution is 6.33. The van der Waals surface area contributed by atoms with Crippen LogP contribution in [0, 0.1) is 5.82 Å². The third kappa shape index (κ3) is 4.00. The number of rotatable bonds is 1. The van der Waals surface area contributed by atoms with E-state index < -0.39 is 5.60 Å². The van der Waals surface area contributed by atoms with E-state index in [9.17, 15) is 9.18 Å². The fourth-order valence-corrected chi connectivity index (χ4v) is 2.51. The number of hydrogen-bond acceptors (Lipinski definition) is 3. The minimum atomic E-state index is -0.511. The number of para-hydroxylation sites is 1. The first-order chi connectivity index (χ1) is 9.78. The molecule has 1 aliphatic rings. The lowest BCUT2D eigenvalue weighted by atomic mass is 10.2. The molecule has 1 aromatic carbocycles. The van der Waals surface area contributed by atoms with Gasteiger partial charge in [-0.25, -0.2) is 9.18 Å². The van der Waals surface area contributed by atoms with Crippen LogP contribution in [0.5, 0.6) is 0 Å². The van der Waals surface area contributed by atoms with Crippen molar-refractivity contribution < 1.29 is 13.9 Å². The number of piperazine rings is 1. The number of carbonyl (C=O) groups excluding carboxylic acids is 1. The summed E-state index contributed by atoms with van der Waals surface area (Å²) in [5.74, 6) is -0.340. The average molecular weight is 315 g/mol. The van der Waals surface area contributed by atoms with Crippen LogP contribution in [0.25, 0.3) is 0 Å². The van der Waals surface area contributed by atoms with Crippen LogP contribution in [-0.4, -0.2) is 42.8 Å². The molecule has 1 saturated heterocycles. The summed E-state index contributed by atoms with van der Waals surface area (Å²) < 4.78 is 19.2. The molecule has 6 heteroatoms. The fourth-order valence-electron chi connectivity index (χ4n) is 2.23. The second-order valence-electron chi connectivity index (χ2n) is 6.02. The number of halogens is 2. The van der Waals surface area contributed by atoms with Gasteiger partial charge in [0.05, 0.1) is 10.7 Å². The van der Waals surface area contributed by atoms with Crippen LogP contribution in [0.15, 0.2) is 18.2 Å². The summed E-state index contributed by atoms with van der Waals surface area (Å²) in [4.78, 5) is 15.5. The highest BCUT2D eigenvalue weighted by Crippen LogP contribution is 2.29. The van der Waals surface area contributed by atoms with Gasteiger partial charge in [-0.2, -0.15) is 0 Å². The number of carbonyl (C=O) groups is 1. The van der Waals surface area contributed by atoms with Crippen LogP contribution in [0.4, 0.5) is 14.9 Å². The van der Waals surface area contributed by atoms with E-state index in [0.29, 0.717) is 36.9 Å². The van der Waals surface area contributed by atoms with Crippen molar-refractivity contribution in [3.8, 4) is 0 Å². The van der Waals surface area contributed by atoms with E-state index in [4.69, 9.17) is 16.3 Å². The molecular weight excluding hydrogens is 295 g/mol. The molecule has 0 radical (unpaired) electrons. The summed E-state index contributed by atoms with van der Waals surface area (Å²) >= 11 is 6.06. The molecule has 0 atom stereocenters. The lowest BCUT2D eigenvalue weighted by Crippen LogP contribution is -2.50. The van der Waals surface area contributed by atoms with Gasteiger partial charge in [0.15, 0.2) is 0 Å². The molecule has 2 rings (SSSR count). The first kappa shape index (κ1) is 15.9. The molecule has 0 aliphatic carbocycles. The van der Waals surface area contributed by atoms with Gasteiger partial charge in [0, 0.05) is 26.2 Å². The van der Waals surface area contributed by atoms with Crippen LogP contribution in [0.3, 0.4) is 0 Å². The normalized spacial score (nSPS) is 16.0. The van der Waals surface area contributed by atoms with E-state index in [1.807, 2.05) is 25.7 Å². The Kier molecular flexibility index (Phi) is 4.61. The van der Waals surface area contributed by atoms with Crippen molar-refractivity contribution in [3.05, 3.63) is 29.0 Å². The van der Waals surface area contributed by atoms with Gasteiger partial charge in [-0.3, -0.25) is 0 Å². The Morgan fingerprint density at radius 1 is 1.24 bits per heavy atom. The van der Waals surface area contributed by atoms with Crippen LogP contribution in [-0.2, 0) is 4.74 Å². The molecule has 21 heavy (non-hydrogen) atoms. The Morgan fingerprint density at radius 2 is 1.86 bits per heavy atom. The van der Waals surface area contributed by atoms with Crippen molar-refractivity contribution in [1.29, 1.82) is 0 Å². The first-order valence-corrected chi connectivity index (χ1v) is 7.32. The molecule has 1 heterocycles. The van der Waals surface area contributed by atoms with Gasteiger partial charge in [-0.15, -0.1) is 0 Å². The number of benzene rings is 1. The van der Waals surface area contributed by atoms with Gasteiger partial charge >= 0.3 is 6.09 Å². The highest BCUT2D eigenvalue weighted by Gasteiger charge is 2.27. The Hall–Kier alpha value is -1.49. The van der Waals surface area contributed by atoms with Crippen molar-refractivity contribution in [3.63, 3.8) is 0 Å². The number of ether oxygens (including phenoxy) is 1. The van der Waals surface area contributed by atoms with Gasteiger partial charge in [-0.05, 0) is 32.9 Å². The fraction of sp³-hybridized carbons (Fsp3) is 0.533. The Labute approximate surface area is 129 Å². The summed E-state index contributed by atoms with van der Waals surface area (Å²) in [5.41, 5.74) is -0.105. The SMILES string of the molecule is CC(C)(C)OC(=O)N1CCN(c2c(F)cccc2Cl)CC1. The molecular formula is C15H20ClFN2O2. The maximum Gasteiger partial charge on any atom is 0.410 e. The second kappa shape index (κ2) is 6.10. The minimum Gasteiger partial charge on any atom is -0.444 e. The number of anilines is 1. The number of hydrogen-bond donors (Lipinski definition) is 0. The zero-order valence-corrected chi connectivity index (χ0v) is 13.3. The topological polar surface area (TPSA) is 32.8 Å². The third-order valence-corrected chi connectivity index (χ3v) is 3.49. The summed E-state index contributed by atoms with van der Waals surface area (Å²) in [6, 6.07) is 4.64. The Bertz CT molecular complexity index is 503. The molecule has 1 amide bonds. The molecule has 0 N–H and O–H groups in total. The van der Waals surface area contributed by atoms with Crippen molar-refractivity contribution in [2.45, 2.75) is 26.4 Å². The van der Waals surface area contributed by atoms with Crippen molar-refractivity contribution in [2.24, 2.45) is 0 Å². The maximum absolute atomic E-state index is 13.9. The predicted molar refractivity (Wildman–Crippen MR) is 81.4 cm³/mol. The van der Waals surface area contributed by atoms with E-state index >= 15 is 0 Å². The van der Waals surface area contributed by atoms with Gasteiger partial charge in [0.1, 0.15) is 11.4 Å². The van der Waals surface area contributed by atoms with E-state index in [1.165, 1.54) is 6.07 Å². The molecule has 0 spiro atoms. The molecule has 1 aliphatic heterocycles. The van der Waals surface area contributed by atoms with Crippen LogP contribution >= 0.6 is 11.6 Å². The van der Waals surface area contributed by atoms with E-state index in [2.05, 4.69) is 0 Å². The first-order valence-electron chi connectivity index (χ1n) is 6.95. The molecule has 0 bridgehead atoms. The van der Waals surface area contributed by atoms with E-state index in [-0.39, 0.29) is 11.9 Å². The molecule has 116 valence electrons. The minimum absolute atomic E-state index is 0.332. The summed E-state index contributed by atoms with van der Waals surface area (Å²) in [6.07, 6.45) is -0.332. The molecule has 1 aromatic rings. The lowest BCUT2D eigenvalue weighted by Gasteiger charge is -2.37. The van der Waals surface area contributed by atoms with Crippen molar-refractivity contribution in [1.82, 2.24) is 4.90 Å². The van der Waals surface area contributed by atoms with Gasteiger partial charge in [-0.1, -0.05) is 17.7 Å². The molecule has 0 saturated carbocycles. The van der Waals surface area contributed by atoms with E-state index in [1.54, 1.807) is 17.0 Å². The monoisotopic (exact) mass is 314 g/mol.